The molecule has 0 aliphatic carbocycles. The Morgan fingerprint density at radius 2 is 2.00 bits per heavy atom. The van der Waals surface area contributed by atoms with Crippen molar-refractivity contribution in [1.82, 2.24) is 4.90 Å². The lowest BCUT2D eigenvalue weighted by molar-refractivity contribution is -0.902. The van der Waals surface area contributed by atoms with Crippen LogP contribution in [0.1, 0.15) is 23.5 Å². The summed E-state index contributed by atoms with van der Waals surface area (Å²) in [4.78, 5) is 28.7. The van der Waals surface area contributed by atoms with Gasteiger partial charge in [0.1, 0.15) is 4.88 Å². The number of carbonyl (C=O) groups is 2. The molecule has 5 nitrogen and oxygen atoms in total. The first kappa shape index (κ1) is 16.9. The monoisotopic (exact) mass is 347 g/mol. The lowest BCUT2D eigenvalue weighted by atomic mass is 10.2. The van der Waals surface area contributed by atoms with Crippen molar-refractivity contribution >= 4 is 33.3 Å². The van der Waals surface area contributed by atoms with Crippen molar-refractivity contribution in [2.75, 3.05) is 32.7 Å². The third kappa shape index (κ3) is 3.60. The van der Waals surface area contributed by atoms with Crippen molar-refractivity contribution < 1.29 is 19.2 Å². The Morgan fingerprint density at radius 1 is 1.29 bits per heavy atom. The second kappa shape index (κ2) is 7.32. The number of amides is 1. The number of rotatable bonds is 4. The van der Waals surface area contributed by atoms with Gasteiger partial charge in [-0.05, 0) is 31.4 Å². The van der Waals surface area contributed by atoms with Crippen LogP contribution in [0.4, 0.5) is 0 Å². The van der Waals surface area contributed by atoms with E-state index in [4.69, 9.17) is 4.74 Å². The zero-order valence-electron chi connectivity index (χ0n) is 14.1. The molecule has 1 aliphatic rings. The lowest BCUT2D eigenvalue weighted by Gasteiger charge is -2.32. The van der Waals surface area contributed by atoms with Crippen LogP contribution in [0.15, 0.2) is 30.3 Å². The molecule has 24 heavy (non-hydrogen) atoms. The van der Waals surface area contributed by atoms with Crippen LogP contribution in [0.25, 0.3) is 10.1 Å². The fourth-order valence-electron chi connectivity index (χ4n) is 3.01. The van der Waals surface area contributed by atoms with Gasteiger partial charge in [-0.15, -0.1) is 11.3 Å². The highest BCUT2D eigenvalue weighted by Gasteiger charge is 2.28. The Labute approximate surface area is 145 Å². The number of ether oxygens (including phenoxy) is 1. The Hall–Kier alpha value is -1.92. The summed E-state index contributed by atoms with van der Waals surface area (Å²) < 4.78 is 6.45. The number of hydrogen-bond donors (Lipinski definition) is 1. The predicted molar refractivity (Wildman–Crippen MR) is 94.5 cm³/mol. The molecule has 128 valence electrons. The molecule has 0 spiro atoms. The van der Waals surface area contributed by atoms with Gasteiger partial charge in [-0.3, -0.25) is 4.79 Å². The maximum Gasteiger partial charge on any atom is 0.349 e. The van der Waals surface area contributed by atoms with E-state index >= 15 is 0 Å². The number of likely N-dealkylation sites (N-methyl/N-ethyl adjacent to an activating group) is 1. The summed E-state index contributed by atoms with van der Waals surface area (Å²) in [5.74, 6) is -0.519. The first-order valence-electron chi connectivity index (χ1n) is 8.40. The zero-order valence-corrected chi connectivity index (χ0v) is 14.9. The third-order valence-corrected chi connectivity index (χ3v) is 5.64. The largest absolute Gasteiger partial charge is 0.448 e. The van der Waals surface area contributed by atoms with Crippen molar-refractivity contribution in [3.63, 3.8) is 0 Å². The number of nitrogens with one attached hydrogen (secondary N) is 1. The summed E-state index contributed by atoms with van der Waals surface area (Å²) in [6.45, 7) is 8.27. The molecule has 1 fully saturated rings. The first-order chi connectivity index (χ1) is 11.6. The van der Waals surface area contributed by atoms with E-state index in [0.29, 0.717) is 4.88 Å². The maximum atomic E-state index is 12.5. The van der Waals surface area contributed by atoms with Gasteiger partial charge in [0.05, 0.1) is 32.7 Å². The van der Waals surface area contributed by atoms with E-state index in [1.807, 2.05) is 35.2 Å². The predicted octanol–water partition coefficient (Wildman–Crippen LogP) is 1.19. The van der Waals surface area contributed by atoms with Crippen LogP contribution in [-0.4, -0.2) is 55.6 Å². The number of thiophene rings is 1. The molecule has 0 bridgehead atoms. The van der Waals surface area contributed by atoms with Gasteiger partial charge in [-0.25, -0.2) is 4.79 Å². The summed E-state index contributed by atoms with van der Waals surface area (Å²) >= 11 is 1.40. The first-order valence-corrected chi connectivity index (χ1v) is 9.22. The second-order valence-electron chi connectivity index (χ2n) is 6.12. The van der Waals surface area contributed by atoms with Crippen LogP contribution in [0.5, 0.6) is 0 Å². The van der Waals surface area contributed by atoms with Crippen molar-refractivity contribution in [2.24, 2.45) is 0 Å². The SMILES string of the molecule is CC[NH+]1CCN(C(=O)[C@@H](C)OC(=O)c2cc3ccccc3s2)CC1. The van der Waals surface area contributed by atoms with Crippen molar-refractivity contribution in [3.05, 3.63) is 35.2 Å². The number of nitrogens with zero attached hydrogens (tertiary/aromatic N) is 1. The van der Waals surface area contributed by atoms with Gasteiger partial charge in [0.2, 0.25) is 0 Å². The van der Waals surface area contributed by atoms with Crippen LogP contribution in [0.3, 0.4) is 0 Å². The minimum Gasteiger partial charge on any atom is -0.448 e. The highest BCUT2D eigenvalue weighted by Crippen LogP contribution is 2.26. The molecule has 1 saturated heterocycles. The molecule has 0 radical (unpaired) electrons. The van der Waals surface area contributed by atoms with Gasteiger partial charge in [0.25, 0.3) is 5.91 Å². The highest BCUT2D eigenvalue weighted by molar-refractivity contribution is 7.20. The molecule has 0 saturated carbocycles. The quantitative estimate of drug-likeness (QED) is 0.846. The molecule has 1 aromatic heterocycles. The van der Waals surface area contributed by atoms with Crippen LogP contribution in [0.2, 0.25) is 0 Å². The van der Waals surface area contributed by atoms with Gasteiger partial charge >= 0.3 is 5.97 Å². The zero-order chi connectivity index (χ0) is 17.1. The summed E-state index contributed by atoms with van der Waals surface area (Å²) in [5.41, 5.74) is 0. The molecule has 1 N–H and O–H groups in total. The van der Waals surface area contributed by atoms with E-state index in [1.165, 1.54) is 16.2 Å². The highest BCUT2D eigenvalue weighted by atomic mass is 32.1. The lowest BCUT2D eigenvalue weighted by Crippen LogP contribution is -3.14. The number of hydrogen-bond acceptors (Lipinski definition) is 4. The summed E-state index contributed by atoms with van der Waals surface area (Å²) in [7, 11) is 0. The minimum atomic E-state index is -0.745. The Kier molecular flexibility index (Phi) is 5.16. The van der Waals surface area contributed by atoms with E-state index < -0.39 is 12.1 Å². The fraction of sp³-hybridized carbons (Fsp3) is 0.444. The summed E-state index contributed by atoms with van der Waals surface area (Å²) in [6.07, 6.45) is -0.745. The van der Waals surface area contributed by atoms with Crippen LogP contribution in [-0.2, 0) is 9.53 Å². The second-order valence-corrected chi connectivity index (χ2v) is 7.21. The van der Waals surface area contributed by atoms with E-state index in [2.05, 4.69) is 6.92 Å². The number of quaternary nitrogens is 1. The van der Waals surface area contributed by atoms with Crippen molar-refractivity contribution in [3.8, 4) is 0 Å². The normalized spacial score (nSPS) is 17.0. The van der Waals surface area contributed by atoms with Crippen molar-refractivity contribution in [2.45, 2.75) is 20.0 Å². The molecule has 2 aromatic rings. The standard InChI is InChI=1S/C18H22N2O3S/c1-3-19-8-10-20(11-9-19)17(21)13(2)23-18(22)16-12-14-6-4-5-7-15(14)24-16/h4-7,12-13H,3,8-11H2,1-2H3/p+1/t13-/m1/s1. The van der Waals surface area contributed by atoms with E-state index in [-0.39, 0.29) is 5.91 Å². The Balaban J connectivity index is 1.60. The average Bonchev–Trinajstić information content (AvgIpc) is 3.05. The van der Waals surface area contributed by atoms with E-state index in [9.17, 15) is 9.59 Å². The molecule has 2 heterocycles. The fourth-order valence-corrected chi connectivity index (χ4v) is 3.95. The van der Waals surface area contributed by atoms with Crippen LogP contribution >= 0.6 is 11.3 Å². The summed E-state index contributed by atoms with van der Waals surface area (Å²) in [6, 6.07) is 9.64. The number of piperazine rings is 1. The average molecular weight is 347 g/mol. The van der Waals surface area contributed by atoms with E-state index in [0.717, 1.165) is 42.8 Å². The molecule has 1 amide bonds. The number of benzene rings is 1. The molecule has 0 unspecified atom stereocenters. The molecule has 1 aliphatic heterocycles. The van der Waals surface area contributed by atoms with Crippen LogP contribution in [0, 0.1) is 0 Å². The van der Waals surface area contributed by atoms with Crippen LogP contribution < -0.4 is 4.90 Å². The van der Waals surface area contributed by atoms with E-state index in [1.54, 1.807) is 6.92 Å². The third-order valence-electron chi connectivity index (χ3n) is 4.54. The van der Waals surface area contributed by atoms with Gasteiger partial charge in [0.15, 0.2) is 6.10 Å². The maximum absolute atomic E-state index is 12.5. The smallest absolute Gasteiger partial charge is 0.349 e. The molecular formula is C18H23N2O3S+. The minimum absolute atomic E-state index is 0.0976. The molecule has 6 heteroatoms. The summed E-state index contributed by atoms with van der Waals surface area (Å²) in [5, 5.41) is 1.02. The Bertz CT molecular complexity index is 702. The molecule has 1 atom stereocenters. The van der Waals surface area contributed by atoms with Gasteiger partial charge in [-0.2, -0.15) is 0 Å². The molecule has 1 aromatic carbocycles. The molecular weight excluding hydrogens is 324 g/mol. The van der Waals surface area contributed by atoms with Crippen molar-refractivity contribution in [1.29, 1.82) is 0 Å². The number of fused-ring (bicyclic) bond motifs is 1. The topological polar surface area (TPSA) is 51.1 Å². The number of esters is 1. The van der Waals surface area contributed by atoms with Gasteiger partial charge in [-0.1, -0.05) is 18.2 Å². The molecule has 3 rings (SSSR count). The Morgan fingerprint density at radius 3 is 2.67 bits per heavy atom. The van der Waals surface area contributed by atoms with Gasteiger partial charge in [0, 0.05) is 4.70 Å². The van der Waals surface area contributed by atoms with Gasteiger partial charge < -0.3 is 14.5 Å². The number of carbonyl (C=O) groups excluding carboxylic acids is 2.